The van der Waals surface area contributed by atoms with E-state index in [4.69, 9.17) is 5.73 Å². The van der Waals surface area contributed by atoms with Crippen LogP contribution in [0.3, 0.4) is 0 Å². The van der Waals surface area contributed by atoms with Crippen LogP contribution in [-0.4, -0.2) is 43.6 Å². The summed E-state index contributed by atoms with van der Waals surface area (Å²) in [4.78, 5) is 6.27. The Bertz CT molecular complexity index is 166. The van der Waals surface area contributed by atoms with Crippen LogP contribution in [0.4, 0.5) is 0 Å². The van der Waals surface area contributed by atoms with Gasteiger partial charge in [0.1, 0.15) is 0 Å². The highest BCUT2D eigenvalue weighted by molar-refractivity contribution is 5.77. The van der Waals surface area contributed by atoms with E-state index in [1.54, 1.807) is 7.05 Å². The molecule has 0 bridgehead atoms. The molecule has 1 heterocycles. The van der Waals surface area contributed by atoms with Gasteiger partial charge in [-0.05, 0) is 13.0 Å². The fraction of sp³-hybridized carbons (Fsp3) is 0.875. The number of nitrogens with zero attached hydrogens (tertiary/aromatic N) is 2. The third kappa shape index (κ3) is 2.37. The van der Waals surface area contributed by atoms with Crippen LogP contribution in [0.1, 0.15) is 13.3 Å². The van der Waals surface area contributed by atoms with Crippen molar-refractivity contribution in [2.45, 2.75) is 19.4 Å². The maximum atomic E-state index is 5.56. The minimum absolute atomic E-state index is 0.494. The third-order valence-electron chi connectivity index (χ3n) is 2.31. The normalized spacial score (nSPS) is 26.2. The fourth-order valence-electron chi connectivity index (χ4n) is 1.51. The molecule has 0 spiro atoms. The van der Waals surface area contributed by atoms with Crippen LogP contribution in [0.5, 0.6) is 0 Å². The number of guanidine groups is 1. The van der Waals surface area contributed by atoms with Crippen molar-refractivity contribution in [2.24, 2.45) is 10.7 Å². The van der Waals surface area contributed by atoms with Gasteiger partial charge in [-0.25, -0.2) is 0 Å². The molecule has 0 radical (unpaired) electrons. The highest BCUT2D eigenvalue weighted by Gasteiger charge is 2.20. The number of hydrogen-bond acceptors (Lipinski definition) is 2. The number of rotatable bonds is 2. The Kier molecular flexibility index (Phi) is 3.34. The molecule has 0 amide bonds. The molecule has 1 aliphatic rings. The van der Waals surface area contributed by atoms with Crippen LogP contribution in [-0.2, 0) is 0 Å². The summed E-state index contributed by atoms with van der Waals surface area (Å²) < 4.78 is 0. The molecule has 0 saturated carbocycles. The standard InChI is InChI=1S/C8H18N4/c1-3-12-5-4-7(6-12)11-8(9)10-2/h7H,3-6H2,1-2H3,(H3,9,10,11). The maximum absolute atomic E-state index is 5.56. The molecule has 1 saturated heterocycles. The Balaban J connectivity index is 2.28. The predicted molar refractivity (Wildman–Crippen MR) is 51.2 cm³/mol. The van der Waals surface area contributed by atoms with E-state index in [0.29, 0.717) is 12.0 Å². The van der Waals surface area contributed by atoms with Crippen molar-refractivity contribution < 1.29 is 0 Å². The van der Waals surface area contributed by atoms with Crippen molar-refractivity contribution in [3.63, 3.8) is 0 Å². The van der Waals surface area contributed by atoms with E-state index in [-0.39, 0.29) is 0 Å². The van der Waals surface area contributed by atoms with Crippen molar-refractivity contribution in [1.29, 1.82) is 0 Å². The molecule has 4 nitrogen and oxygen atoms in total. The van der Waals surface area contributed by atoms with Crippen LogP contribution in [0.2, 0.25) is 0 Å². The molecule has 12 heavy (non-hydrogen) atoms. The molecule has 1 atom stereocenters. The topological polar surface area (TPSA) is 53.6 Å². The minimum Gasteiger partial charge on any atom is -0.370 e. The Labute approximate surface area is 73.8 Å². The van der Waals surface area contributed by atoms with Crippen LogP contribution in [0.25, 0.3) is 0 Å². The zero-order valence-electron chi connectivity index (χ0n) is 7.88. The number of likely N-dealkylation sites (N-methyl/N-ethyl adjacent to an activating group) is 1. The van der Waals surface area contributed by atoms with Crippen LogP contribution < -0.4 is 11.1 Å². The second-order valence-corrected chi connectivity index (χ2v) is 3.13. The number of hydrogen-bond donors (Lipinski definition) is 2. The first kappa shape index (κ1) is 9.32. The van der Waals surface area contributed by atoms with Gasteiger partial charge in [0.25, 0.3) is 0 Å². The van der Waals surface area contributed by atoms with Gasteiger partial charge in [-0.15, -0.1) is 0 Å². The van der Waals surface area contributed by atoms with Gasteiger partial charge < -0.3 is 16.0 Å². The molecule has 70 valence electrons. The second kappa shape index (κ2) is 4.30. The van der Waals surface area contributed by atoms with Crippen LogP contribution in [0, 0.1) is 0 Å². The monoisotopic (exact) mass is 170 g/mol. The van der Waals surface area contributed by atoms with Crippen molar-refractivity contribution in [1.82, 2.24) is 10.2 Å². The summed E-state index contributed by atoms with van der Waals surface area (Å²) in [6.45, 7) is 5.57. The molecule has 1 unspecified atom stereocenters. The van der Waals surface area contributed by atoms with Gasteiger partial charge >= 0.3 is 0 Å². The zero-order valence-corrected chi connectivity index (χ0v) is 7.88. The number of likely N-dealkylation sites (tertiary alicyclic amines) is 1. The van der Waals surface area contributed by atoms with Crippen molar-refractivity contribution in [3.8, 4) is 0 Å². The summed E-state index contributed by atoms with van der Waals surface area (Å²) >= 11 is 0. The van der Waals surface area contributed by atoms with Gasteiger partial charge in [0, 0.05) is 26.2 Å². The Morgan fingerprint density at radius 1 is 1.75 bits per heavy atom. The lowest BCUT2D eigenvalue weighted by atomic mass is 10.3. The summed E-state index contributed by atoms with van der Waals surface area (Å²) in [7, 11) is 1.70. The summed E-state index contributed by atoms with van der Waals surface area (Å²) in [6, 6.07) is 0.494. The SMILES string of the molecule is CCN1CCC(NC(N)=NC)C1. The fourth-order valence-corrected chi connectivity index (χ4v) is 1.51. The predicted octanol–water partition coefficient (Wildman–Crippen LogP) is -0.385. The Hall–Kier alpha value is -0.770. The Morgan fingerprint density at radius 2 is 2.50 bits per heavy atom. The molecule has 0 aromatic carbocycles. The van der Waals surface area contributed by atoms with Crippen LogP contribution in [0.15, 0.2) is 4.99 Å². The largest absolute Gasteiger partial charge is 0.370 e. The zero-order chi connectivity index (χ0) is 8.97. The number of nitrogens with two attached hydrogens (primary N) is 1. The van der Waals surface area contributed by atoms with E-state index < -0.39 is 0 Å². The van der Waals surface area contributed by atoms with Crippen LogP contribution >= 0.6 is 0 Å². The first-order chi connectivity index (χ1) is 5.76. The van der Waals surface area contributed by atoms with E-state index in [1.165, 1.54) is 13.0 Å². The molecule has 1 fully saturated rings. The van der Waals surface area contributed by atoms with Gasteiger partial charge in [0.2, 0.25) is 0 Å². The first-order valence-electron chi connectivity index (χ1n) is 4.47. The van der Waals surface area contributed by atoms with Gasteiger partial charge in [-0.2, -0.15) is 0 Å². The molecule has 1 aliphatic heterocycles. The van der Waals surface area contributed by atoms with Crippen molar-refractivity contribution in [2.75, 3.05) is 26.7 Å². The highest BCUT2D eigenvalue weighted by atomic mass is 15.2. The lowest BCUT2D eigenvalue weighted by Crippen LogP contribution is -2.41. The molecular weight excluding hydrogens is 152 g/mol. The van der Waals surface area contributed by atoms with Gasteiger partial charge in [-0.1, -0.05) is 6.92 Å². The summed E-state index contributed by atoms with van der Waals surface area (Å²) in [5.41, 5.74) is 5.56. The molecule has 1 rings (SSSR count). The number of nitrogens with one attached hydrogen (secondary N) is 1. The van der Waals surface area contributed by atoms with Crippen molar-refractivity contribution in [3.05, 3.63) is 0 Å². The number of aliphatic imine (C=N–C) groups is 1. The van der Waals surface area contributed by atoms with E-state index >= 15 is 0 Å². The second-order valence-electron chi connectivity index (χ2n) is 3.13. The Morgan fingerprint density at radius 3 is 3.00 bits per heavy atom. The molecular formula is C8H18N4. The van der Waals surface area contributed by atoms with Gasteiger partial charge in [-0.3, -0.25) is 4.99 Å². The maximum Gasteiger partial charge on any atom is 0.188 e. The smallest absolute Gasteiger partial charge is 0.188 e. The van der Waals surface area contributed by atoms with E-state index in [1.807, 2.05) is 0 Å². The average molecular weight is 170 g/mol. The van der Waals surface area contributed by atoms with Gasteiger partial charge in [0.05, 0.1) is 0 Å². The summed E-state index contributed by atoms with van der Waals surface area (Å²) in [6.07, 6.45) is 1.17. The van der Waals surface area contributed by atoms with E-state index in [2.05, 4.69) is 22.1 Å². The molecule has 0 aromatic rings. The first-order valence-corrected chi connectivity index (χ1v) is 4.47. The molecule has 0 aromatic heterocycles. The minimum atomic E-state index is 0.494. The summed E-state index contributed by atoms with van der Waals surface area (Å²) in [5.74, 6) is 0.554. The van der Waals surface area contributed by atoms with Gasteiger partial charge in [0.15, 0.2) is 5.96 Å². The molecule has 0 aliphatic carbocycles. The average Bonchev–Trinajstić information content (AvgIpc) is 2.52. The third-order valence-corrected chi connectivity index (χ3v) is 2.31. The van der Waals surface area contributed by atoms with E-state index in [9.17, 15) is 0 Å². The quantitative estimate of drug-likeness (QED) is 0.438. The lowest BCUT2D eigenvalue weighted by Gasteiger charge is -2.14. The molecule has 4 heteroatoms. The molecule has 3 N–H and O–H groups in total. The lowest BCUT2D eigenvalue weighted by molar-refractivity contribution is 0.351. The summed E-state index contributed by atoms with van der Waals surface area (Å²) in [5, 5.41) is 3.18. The van der Waals surface area contributed by atoms with Crippen molar-refractivity contribution >= 4 is 5.96 Å². The highest BCUT2D eigenvalue weighted by Crippen LogP contribution is 2.07. The van der Waals surface area contributed by atoms with E-state index in [0.717, 1.165) is 13.1 Å².